The molecule has 92 valence electrons. The maximum atomic E-state index is 4.16. The number of aromatic nitrogens is 4. The summed E-state index contributed by atoms with van der Waals surface area (Å²) in [4.78, 5) is 4.01. The molecule has 0 spiro atoms. The van der Waals surface area contributed by atoms with Crippen LogP contribution in [0, 0.1) is 0 Å². The summed E-state index contributed by atoms with van der Waals surface area (Å²) in [6.45, 7) is 4.12. The Labute approximate surface area is 101 Å². The lowest BCUT2D eigenvalue weighted by molar-refractivity contribution is 0.525. The Kier molecular flexibility index (Phi) is 4.78. The fraction of sp³-hybridized carbons (Fsp3) is 0.500. The zero-order valence-corrected chi connectivity index (χ0v) is 10.00. The largest absolute Gasteiger partial charge is 0.337 e. The monoisotopic (exact) mass is 233 g/mol. The third-order valence-corrected chi connectivity index (χ3v) is 2.63. The first-order chi connectivity index (χ1) is 8.45. The fourth-order valence-electron chi connectivity index (χ4n) is 1.73. The topological polar surface area (TPSA) is 47.7 Å². The van der Waals surface area contributed by atoms with E-state index in [1.54, 1.807) is 0 Å². The van der Waals surface area contributed by atoms with Gasteiger partial charge in [0.15, 0.2) is 0 Å². The number of imidazole rings is 1. The molecule has 5 heteroatoms. The molecule has 2 heterocycles. The minimum atomic E-state index is 0.988. The molecule has 1 N–H and O–H groups in total. The van der Waals surface area contributed by atoms with Crippen LogP contribution in [0.4, 0.5) is 0 Å². The van der Waals surface area contributed by atoms with Crippen molar-refractivity contribution in [3.8, 4) is 0 Å². The van der Waals surface area contributed by atoms with Crippen molar-refractivity contribution in [2.75, 3.05) is 13.1 Å². The van der Waals surface area contributed by atoms with Gasteiger partial charge in [-0.1, -0.05) is 0 Å². The number of rotatable bonds is 8. The third kappa shape index (κ3) is 4.40. The Morgan fingerprint density at radius 1 is 1.00 bits per heavy atom. The lowest BCUT2D eigenvalue weighted by atomic mass is 10.4. The van der Waals surface area contributed by atoms with E-state index in [1.165, 1.54) is 0 Å². The summed E-state index contributed by atoms with van der Waals surface area (Å²) in [5.41, 5.74) is 0. The normalized spacial score (nSPS) is 10.8. The number of aryl methyl sites for hydroxylation is 2. The molecule has 0 aromatic carbocycles. The van der Waals surface area contributed by atoms with Crippen LogP contribution in [-0.4, -0.2) is 32.4 Å². The highest BCUT2D eigenvalue weighted by Crippen LogP contribution is 1.90. The van der Waals surface area contributed by atoms with Crippen molar-refractivity contribution in [3.63, 3.8) is 0 Å². The van der Waals surface area contributed by atoms with Gasteiger partial charge in [-0.2, -0.15) is 5.10 Å². The number of hydrogen-bond donors (Lipinski definition) is 1. The standard InChI is InChI=1S/C12H19N5/c1(8-16-11-7-14-12-16)4-13-5-2-9-17-10-3-6-15-17/h3,6-7,10-13H,1-2,4-5,8-9H2. The van der Waals surface area contributed by atoms with Gasteiger partial charge >= 0.3 is 0 Å². The summed E-state index contributed by atoms with van der Waals surface area (Å²) >= 11 is 0. The quantitative estimate of drug-likeness (QED) is 0.696. The van der Waals surface area contributed by atoms with Crippen LogP contribution in [0.15, 0.2) is 37.2 Å². The summed E-state index contributed by atoms with van der Waals surface area (Å²) in [5, 5.41) is 7.60. The highest BCUT2D eigenvalue weighted by Gasteiger charge is 1.92. The van der Waals surface area contributed by atoms with Crippen LogP contribution in [0.25, 0.3) is 0 Å². The lowest BCUT2D eigenvalue weighted by Crippen LogP contribution is -2.19. The van der Waals surface area contributed by atoms with Gasteiger partial charge in [0.25, 0.3) is 0 Å². The van der Waals surface area contributed by atoms with Gasteiger partial charge < -0.3 is 9.88 Å². The van der Waals surface area contributed by atoms with Crippen LogP contribution in [0.1, 0.15) is 12.8 Å². The first-order valence-corrected chi connectivity index (χ1v) is 6.09. The molecule has 2 aromatic rings. The molecule has 2 rings (SSSR count). The van der Waals surface area contributed by atoms with Crippen molar-refractivity contribution in [3.05, 3.63) is 37.2 Å². The molecule has 5 nitrogen and oxygen atoms in total. The second kappa shape index (κ2) is 6.85. The predicted molar refractivity (Wildman–Crippen MR) is 66.6 cm³/mol. The molecule has 2 aromatic heterocycles. The molecular formula is C12H19N5. The van der Waals surface area contributed by atoms with E-state index in [2.05, 4.69) is 20.0 Å². The molecule has 0 saturated heterocycles. The van der Waals surface area contributed by atoms with Crippen LogP contribution in [0.5, 0.6) is 0 Å². The molecule has 0 radical (unpaired) electrons. The number of hydrogen-bond acceptors (Lipinski definition) is 3. The molecule has 0 aliphatic carbocycles. The lowest BCUT2D eigenvalue weighted by Gasteiger charge is -2.05. The van der Waals surface area contributed by atoms with Crippen molar-refractivity contribution in [1.82, 2.24) is 24.6 Å². The molecule has 0 amide bonds. The fourth-order valence-corrected chi connectivity index (χ4v) is 1.73. The van der Waals surface area contributed by atoms with E-state index in [0.29, 0.717) is 0 Å². The van der Waals surface area contributed by atoms with E-state index >= 15 is 0 Å². The summed E-state index contributed by atoms with van der Waals surface area (Å²) in [5.74, 6) is 0. The van der Waals surface area contributed by atoms with Gasteiger partial charge in [0.1, 0.15) is 0 Å². The Balaban J connectivity index is 1.44. The average Bonchev–Trinajstić information content (AvgIpc) is 3.00. The molecule has 0 aliphatic rings. The second-order valence-corrected chi connectivity index (χ2v) is 4.03. The predicted octanol–water partition coefficient (Wildman–Crippen LogP) is 1.15. The molecule has 0 fully saturated rings. The molecule has 17 heavy (non-hydrogen) atoms. The van der Waals surface area contributed by atoms with Crippen molar-refractivity contribution in [2.24, 2.45) is 0 Å². The Bertz CT molecular complexity index is 341. The highest BCUT2D eigenvalue weighted by atomic mass is 15.3. The van der Waals surface area contributed by atoms with E-state index in [4.69, 9.17) is 0 Å². The first-order valence-electron chi connectivity index (χ1n) is 6.09. The average molecular weight is 233 g/mol. The van der Waals surface area contributed by atoms with E-state index in [9.17, 15) is 0 Å². The molecule has 0 bridgehead atoms. The first kappa shape index (κ1) is 11.9. The van der Waals surface area contributed by atoms with Gasteiger partial charge in [-0.05, 0) is 32.0 Å². The number of nitrogens with zero attached hydrogens (tertiary/aromatic N) is 4. The molecule has 0 saturated carbocycles. The number of nitrogens with one attached hydrogen (secondary N) is 1. The van der Waals surface area contributed by atoms with Crippen molar-refractivity contribution < 1.29 is 0 Å². The zero-order valence-electron chi connectivity index (χ0n) is 10.00. The van der Waals surface area contributed by atoms with Gasteiger partial charge in [0, 0.05) is 37.9 Å². The molecule has 0 atom stereocenters. The molecule has 0 aliphatic heterocycles. The minimum Gasteiger partial charge on any atom is -0.337 e. The van der Waals surface area contributed by atoms with Crippen LogP contribution < -0.4 is 5.32 Å². The maximum Gasteiger partial charge on any atom is 0.0945 e. The zero-order chi connectivity index (χ0) is 11.8. The van der Waals surface area contributed by atoms with Crippen LogP contribution in [0.3, 0.4) is 0 Å². The van der Waals surface area contributed by atoms with Crippen LogP contribution in [0.2, 0.25) is 0 Å². The summed E-state index contributed by atoms with van der Waals surface area (Å²) in [7, 11) is 0. The van der Waals surface area contributed by atoms with Crippen molar-refractivity contribution in [1.29, 1.82) is 0 Å². The van der Waals surface area contributed by atoms with E-state index in [-0.39, 0.29) is 0 Å². The van der Waals surface area contributed by atoms with Crippen molar-refractivity contribution >= 4 is 0 Å². The van der Waals surface area contributed by atoms with Gasteiger partial charge in [-0.25, -0.2) is 4.98 Å². The highest BCUT2D eigenvalue weighted by molar-refractivity contribution is 4.77. The SMILES string of the molecule is c1cnn(CCCNCCCn2ccnc2)c1. The summed E-state index contributed by atoms with van der Waals surface area (Å²) in [6.07, 6.45) is 11.7. The van der Waals surface area contributed by atoms with E-state index in [0.717, 1.165) is 39.0 Å². The Hall–Kier alpha value is -1.62. The van der Waals surface area contributed by atoms with Crippen LogP contribution >= 0.6 is 0 Å². The third-order valence-electron chi connectivity index (χ3n) is 2.63. The van der Waals surface area contributed by atoms with Gasteiger partial charge in [-0.15, -0.1) is 0 Å². The van der Waals surface area contributed by atoms with Crippen LogP contribution in [-0.2, 0) is 13.1 Å². The summed E-state index contributed by atoms with van der Waals surface area (Å²) < 4.78 is 4.07. The molecular weight excluding hydrogens is 214 g/mol. The van der Waals surface area contributed by atoms with Crippen molar-refractivity contribution in [2.45, 2.75) is 25.9 Å². The summed E-state index contributed by atoms with van der Waals surface area (Å²) in [6, 6.07) is 1.96. The minimum absolute atomic E-state index is 0.988. The van der Waals surface area contributed by atoms with E-state index < -0.39 is 0 Å². The Morgan fingerprint density at radius 2 is 1.88 bits per heavy atom. The van der Waals surface area contributed by atoms with Gasteiger partial charge in [0.05, 0.1) is 6.33 Å². The smallest absolute Gasteiger partial charge is 0.0945 e. The molecule has 0 unspecified atom stereocenters. The maximum absolute atomic E-state index is 4.16. The Morgan fingerprint density at radius 3 is 2.59 bits per heavy atom. The van der Waals surface area contributed by atoms with E-state index in [1.807, 2.05) is 41.9 Å². The van der Waals surface area contributed by atoms with Gasteiger partial charge in [-0.3, -0.25) is 4.68 Å². The van der Waals surface area contributed by atoms with Gasteiger partial charge in [0.2, 0.25) is 0 Å². The second-order valence-electron chi connectivity index (χ2n) is 4.03.